The van der Waals surface area contributed by atoms with E-state index in [1.807, 2.05) is 13.0 Å². The standard InChI is InChI=1S/C13H16F/c1-5-10(4)12-6-11(9(2)3)7-13(14)8-12/h5-9H,1H2,2-4H3. The summed E-state index contributed by atoms with van der Waals surface area (Å²) >= 11 is 0. The first kappa shape index (κ1) is 11.0. The van der Waals surface area contributed by atoms with Crippen molar-refractivity contribution in [3.8, 4) is 0 Å². The van der Waals surface area contributed by atoms with Gasteiger partial charge < -0.3 is 0 Å². The fourth-order valence-electron chi connectivity index (χ4n) is 1.29. The molecule has 0 heterocycles. The second-order valence-electron chi connectivity index (χ2n) is 3.82. The zero-order valence-electron chi connectivity index (χ0n) is 8.97. The zero-order valence-corrected chi connectivity index (χ0v) is 8.97. The van der Waals surface area contributed by atoms with E-state index < -0.39 is 0 Å². The largest absolute Gasteiger partial charge is 0.207 e. The number of rotatable bonds is 3. The Bertz CT molecular complexity index is 326. The number of allylic oxidation sites excluding steroid dienone is 1. The average Bonchev–Trinajstić information content (AvgIpc) is 2.15. The van der Waals surface area contributed by atoms with Gasteiger partial charge in [0.1, 0.15) is 5.82 Å². The van der Waals surface area contributed by atoms with Gasteiger partial charge in [0.2, 0.25) is 0 Å². The summed E-state index contributed by atoms with van der Waals surface area (Å²) in [5.74, 6) is 1.18. The Hall–Kier alpha value is -1.11. The summed E-state index contributed by atoms with van der Waals surface area (Å²) in [6.45, 7) is 9.73. The number of hydrogen-bond donors (Lipinski definition) is 0. The molecular weight excluding hydrogens is 175 g/mol. The van der Waals surface area contributed by atoms with Gasteiger partial charge >= 0.3 is 0 Å². The van der Waals surface area contributed by atoms with Crippen LogP contribution in [-0.4, -0.2) is 0 Å². The van der Waals surface area contributed by atoms with Crippen molar-refractivity contribution in [3.63, 3.8) is 0 Å². The molecule has 0 nitrogen and oxygen atoms in total. The highest BCUT2D eigenvalue weighted by molar-refractivity contribution is 5.39. The monoisotopic (exact) mass is 191 g/mol. The molecule has 0 N–H and O–H groups in total. The molecule has 0 spiro atoms. The van der Waals surface area contributed by atoms with Crippen LogP contribution in [0.5, 0.6) is 0 Å². The highest BCUT2D eigenvalue weighted by Gasteiger charge is 2.07. The van der Waals surface area contributed by atoms with Crippen LogP contribution >= 0.6 is 0 Å². The fraction of sp³-hybridized carbons (Fsp3) is 0.308. The molecule has 0 aliphatic rings. The van der Waals surface area contributed by atoms with Crippen LogP contribution in [0.3, 0.4) is 0 Å². The van der Waals surface area contributed by atoms with Gasteiger partial charge in [0.15, 0.2) is 0 Å². The van der Waals surface area contributed by atoms with Crippen molar-refractivity contribution in [1.82, 2.24) is 0 Å². The minimum atomic E-state index is -0.174. The van der Waals surface area contributed by atoms with Crippen molar-refractivity contribution in [1.29, 1.82) is 0 Å². The van der Waals surface area contributed by atoms with Gasteiger partial charge in [-0.05, 0) is 29.2 Å². The minimum Gasteiger partial charge on any atom is -0.207 e. The van der Waals surface area contributed by atoms with Crippen molar-refractivity contribution >= 4 is 0 Å². The minimum absolute atomic E-state index is 0.174. The highest BCUT2D eigenvalue weighted by atomic mass is 19.1. The number of halogens is 1. The lowest BCUT2D eigenvalue weighted by Gasteiger charge is -2.11. The van der Waals surface area contributed by atoms with Gasteiger partial charge in [0.25, 0.3) is 0 Å². The van der Waals surface area contributed by atoms with Crippen LogP contribution in [-0.2, 0) is 0 Å². The van der Waals surface area contributed by atoms with E-state index in [1.165, 1.54) is 0 Å². The Kier molecular flexibility index (Phi) is 3.45. The Morgan fingerprint density at radius 2 is 2.00 bits per heavy atom. The first-order chi connectivity index (χ1) is 6.54. The van der Waals surface area contributed by atoms with Gasteiger partial charge in [-0.3, -0.25) is 0 Å². The van der Waals surface area contributed by atoms with Crippen LogP contribution in [0, 0.1) is 11.7 Å². The first-order valence-corrected chi connectivity index (χ1v) is 4.81. The van der Waals surface area contributed by atoms with Crippen LogP contribution in [0.25, 0.3) is 0 Å². The summed E-state index contributed by atoms with van der Waals surface area (Å²) in [5, 5.41) is 0. The van der Waals surface area contributed by atoms with E-state index in [-0.39, 0.29) is 5.82 Å². The van der Waals surface area contributed by atoms with Crippen molar-refractivity contribution < 1.29 is 4.39 Å². The van der Waals surface area contributed by atoms with E-state index in [0.717, 1.165) is 17.0 Å². The SMILES string of the molecule is C=C[C](C)c1cc(F)cc(C(C)C)c1. The normalized spacial score (nSPS) is 11.0. The van der Waals surface area contributed by atoms with Crippen molar-refractivity contribution in [2.24, 2.45) is 0 Å². The summed E-state index contributed by atoms with van der Waals surface area (Å²) in [4.78, 5) is 0. The van der Waals surface area contributed by atoms with Gasteiger partial charge in [-0.25, -0.2) is 4.39 Å². The summed E-state index contributed by atoms with van der Waals surface area (Å²) in [7, 11) is 0. The summed E-state index contributed by atoms with van der Waals surface area (Å²) in [5.41, 5.74) is 1.95. The molecule has 0 atom stereocenters. The Morgan fingerprint density at radius 1 is 1.36 bits per heavy atom. The lowest BCUT2D eigenvalue weighted by molar-refractivity contribution is 0.621. The van der Waals surface area contributed by atoms with E-state index in [1.54, 1.807) is 18.2 Å². The highest BCUT2D eigenvalue weighted by Crippen LogP contribution is 2.22. The molecule has 14 heavy (non-hydrogen) atoms. The number of benzene rings is 1. The van der Waals surface area contributed by atoms with Crippen LogP contribution in [0.15, 0.2) is 30.9 Å². The van der Waals surface area contributed by atoms with Gasteiger partial charge in [-0.2, -0.15) is 0 Å². The van der Waals surface area contributed by atoms with Gasteiger partial charge in [-0.1, -0.05) is 32.9 Å². The van der Waals surface area contributed by atoms with E-state index in [2.05, 4.69) is 20.4 Å². The van der Waals surface area contributed by atoms with Crippen molar-refractivity contribution in [2.75, 3.05) is 0 Å². The fourth-order valence-corrected chi connectivity index (χ4v) is 1.29. The summed E-state index contributed by atoms with van der Waals surface area (Å²) in [6, 6.07) is 5.15. The first-order valence-electron chi connectivity index (χ1n) is 4.81. The number of hydrogen-bond acceptors (Lipinski definition) is 0. The van der Waals surface area contributed by atoms with E-state index in [4.69, 9.17) is 0 Å². The molecule has 1 aromatic rings. The lowest BCUT2D eigenvalue weighted by Crippen LogP contribution is -1.96. The van der Waals surface area contributed by atoms with Crippen LogP contribution in [0.1, 0.15) is 37.8 Å². The molecule has 0 unspecified atom stereocenters. The molecule has 0 saturated heterocycles. The molecule has 1 rings (SSSR count). The molecule has 0 aliphatic heterocycles. The Labute approximate surface area is 85.5 Å². The zero-order chi connectivity index (χ0) is 10.7. The van der Waals surface area contributed by atoms with Crippen molar-refractivity contribution in [2.45, 2.75) is 26.7 Å². The average molecular weight is 191 g/mol. The lowest BCUT2D eigenvalue weighted by atomic mass is 9.95. The summed E-state index contributed by atoms with van der Waals surface area (Å²) < 4.78 is 13.2. The maximum absolute atomic E-state index is 13.2. The quantitative estimate of drug-likeness (QED) is 0.675. The Morgan fingerprint density at radius 3 is 2.50 bits per heavy atom. The molecule has 0 amide bonds. The van der Waals surface area contributed by atoms with E-state index in [0.29, 0.717) is 5.92 Å². The Balaban J connectivity index is 3.13. The van der Waals surface area contributed by atoms with Gasteiger partial charge in [0, 0.05) is 5.92 Å². The van der Waals surface area contributed by atoms with Gasteiger partial charge in [-0.15, -0.1) is 6.58 Å². The molecule has 0 aromatic heterocycles. The van der Waals surface area contributed by atoms with Crippen molar-refractivity contribution in [3.05, 3.63) is 53.7 Å². The molecule has 0 aliphatic carbocycles. The van der Waals surface area contributed by atoms with Crippen LogP contribution < -0.4 is 0 Å². The molecule has 0 bridgehead atoms. The van der Waals surface area contributed by atoms with Gasteiger partial charge in [0.05, 0.1) is 0 Å². The predicted octanol–water partition coefficient (Wildman–Crippen LogP) is 4.08. The maximum Gasteiger partial charge on any atom is 0.123 e. The molecule has 1 radical (unpaired) electrons. The molecule has 0 saturated carbocycles. The molecular formula is C13H16F. The molecule has 75 valence electrons. The third-order valence-electron chi connectivity index (χ3n) is 2.35. The third-order valence-corrected chi connectivity index (χ3v) is 2.35. The topological polar surface area (TPSA) is 0 Å². The second-order valence-corrected chi connectivity index (χ2v) is 3.82. The molecule has 1 heteroatoms. The molecule has 0 fully saturated rings. The third kappa shape index (κ3) is 2.44. The van der Waals surface area contributed by atoms with E-state index >= 15 is 0 Å². The van der Waals surface area contributed by atoms with E-state index in [9.17, 15) is 4.39 Å². The smallest absolute Gasteiger partial charge is 0.123 e. The predicted molar refractivity (Wildman–Crippen MR) is 58.7 cm³/mol. The summed E-state index contributed by atoms with van der Waals surface area (Å²) in [6.07, 6.45) is 1.75. The maximum atomic E-state index is 13.2. The molecule has 1 aromatic carbocycles. The second kappa shape index (κ2) is 4.41. The van der Waals surface area contributed by atoms with Crippen LogP contribution in [0.2, 0.25) is 0 Å². The van der Waals surface area contributed by atoms with Crippen LogP contribution in [0.4, 0.5) is 4.39 Å².